The number of benzene rings is 1. The van der Waals surface area contributed by atoms with Gasteiger partial charge in [-0.2, -0.15) is 0 Å². The van der Waals surface area contributed by atoms with Crippen LogP contribution in [-0.2, 0) is 13.5 Å². The summed E-state index contributed by atoms with van der Waals surface area (Å²) in [5.41, 5.74) is 6.06. The van der Waals surface area contributed by atoms with E-state index in [4.69, 9.17) is 5.84 Å². The Labute approximate surface area is 113 Å². The molecule has 1 heterocycles. The van der Waals surface area contributed by atoms with Crippen molar-refractivity contribution in [1.29, 1.82) is 0 Å². The van der Waals surface area contributed by atoms with Crippen LogP contribution < -0.4 is 16.2 Å². The minimum atomic E-state index is 0.0351. The van der Waals surface area contributed by atoms with Crippen molar-refractivity contribution < 1.29 is 0 Å². The van der Waals surface area contributed by atoms with E-state index in [1.807, 2.05) is 27.3 Å². The Bertz CT molecular complexity index is 516. The molecule has 6 heteroatoms. The quantitative estimate of drug-likeness (QED) is 0.609. The van der Waals surface area contributed by atoms with Crippen LogP contribution in [0.3, 0.4) is 0 Å². The summed E-state index contributed by atoms with van der Waals surface area (Å²) in [6.07, 6.45) is 2.62. The first-order valence-corrected chi connectivity index (χ1v) is 6.18. The summed E-state index contributed by atoms with van der Waals surface area (Å²) in [5.74, 6) is 5.64. The molecular weight excluding hydrogens is 240 g/mol. The standard InChI is InChI=1S/C13H20N6/c1-18(2)12-6-4-10(5-7-12)13(15-14)8-11-9-19(3)17-16-11/h4-7,9,13,15H,8,14H2,1-3H3. The van der Waals surface area contributed by atoms with Gasteiger partial charge >= 0.3 is 0 Å². The Morgan fingerprint density at radius 2 is 2.00 bits per heavy atom. The second-order valence-electron chi connectivity index (χ2n) is 4.79. The van der Waals surface area contributed by atoms with Crippen LogP contribution in [0.1, 0.15) is 17.3 Å². The lowest BCUT2D eigenvalue weighted by Crippen LogP contribution is -2.29. The van der Waals surface area contributed by atoms with Gasteiger partial charge in [0.2, 0.25) is 0 Å². The normalized spacial score (nSPS) is 12.4. The van der Waals surface area contributed by atoms with Crippen molar-refractivity contribution >= 4 is 5.69 Å². The number of nitrogens with two attached hydrogens (primary N) is 1. The number of hydrogen-bond acceptors (Lipinski definition) is 5. The molecule has 3 N–H and O–H groups in total. The van der Waals surface area contributed by atoms with Crippen molar-refractivity contribution in [2.24, 2.45) is 12.9 Å². The molecule has 0 radical (unpaired) electrons. The van der Waals surface area contributed by atoms with Gasteiger partial charge in [0.05, 0.1) is 11.7 Å². The van der Waals surface area contributed by atoms with Gasteiger partial charge in [0.25, 0.3) is 0 Å². The molecule has 2 aromatic rings. The lowest BCUT2D eigenvalue weighted by atomic mass is 10.0. The first-order chi connectivity index (χ1) is 9.10. The molecule has 0 fully saturated rings. The van der Waals surface area contributed by atoms with Crippen molar-refractivity contribution in [1.82, 2.24) is 20.4 Å². The van der Waals surface area contributed by atoms with Crippen LogP contribution in [0.15, 0.2) is 30.5 Å². The minimum absolute atomic E-state index is 0.0351. The molecule has 1 aromatic heterocycles. The van der Waals surface area contributed by atoms with E-state index >= 15 is 0 Å². The fourth-order valence-electron chi connectivity index (χ4n) is 1.98. The van der Waals surface area contributed by atoms with Crippen molar-refractivity contribution in [2.45, 2.75) is 12.5 Å². The van der Waals surface area contributed by atoms with E-state index in [-0.39, 0.29) is 6.04 Å². The molecule has 1 unspecified atom stereocenters. The molecule has 0 aliphatic rings. The maximum absolute atomic E-state index is 5.64. The van der Waals surface area contributed by atoms with Gasteiger partial charge in [0, 0.05) is 39.4 Å². The molecular formula is C13H20N6. The zero-order valence-corrected chi connectivity index (χ0v) is 11.5. The summed E-state index contributed by atoms with van der Waals surface area (Å²) in [5, 5.41) is 8.01. The number of nitrogens with one attached hydrogen (secondary N) is 1. The highest BCUT2D eigenvalue weighted by atomic mass is 15.4. The monoisotopic (exact) mass is 260 g/mol. The summed E-state index contributed by atoms with van der Waals surface area (Å²) in [6.45, 7) is 0. The number of nitrogens with zero attached hydrogens (tertiary/aromatic N) is 4. The van der Waals surface area contributed by atoms with Gasteiger partial charge in [-0.05, 0) is 17.7 Å². The molecule has 0 saturated heterocycles. The predicted octanol–water partition coefficient (Wildman–Crippen LogP) is 0.628. The van der Waals surface area contributed by atoms with Gasteiger partial charge < -0.3 is 4.90 Å². The molecule has 102 valence electrons. The Balaban J connectivity index is 2.12. The lowest BCUT2D eigenvalue weighted by Gasteiger charge is -2.17. The van der Waals surface area contributed by atoms with Gasteiger partial charge in [-0.1, -0.05) is 17.3 Å². The van der Waals surface area contributed by atoms with Gasteiger partial charge in [-0.3, -0.25) is 16.0 Å². The van der Waals surface area contributed by atoms with E-state index < -0.39 is 0 Å². The van der Waals surface area contributed by atoms with E-state index in [2.05, 4.69) is 44.9 Å². The molecule has 2 rings (SSSR count). The number of hydrazine groups is 1. The summed E-state index contributed by atoms with van der Waals surface area (Å²) in [6, 6.07) is 8.35. The first kappa shape index (κ1) is 13.5. The molecule has 0 saturated carbocycles. The second-order valence-corrected chi connectivity index (χ2v) is 4.79. The molecule has 1 aromatic carbocycles. The van der Waals surface area contributed by atoms with Crippen molar-refractivity contribution in [3.8, 4) is 0 Å². The van der Waals surface area contributed by atoms with Crippen LogP contribution in [0.2, 0.25) is 0 Å². The average Bonchev–Trinajstić information content (AvgIpc) is 2.81. The third-order valence-corrected chi connectivity index (χ3v) is 3.08. The molecule has 0 aliphatic heterocycles. The lowest BCUT2D eigenvalue weighted by molar-refractivity contribution is 0.545. The number of hydrogen-bond donors (Lipinski definition) is 2. The third kappa shape index (κ3) is 3.30. The van der Waals surface area contributed by atoms with Crippen LogP contribution in [-0.4, -0.2) is 29.1 Å². The smallest absolute Gasteiger partial charge is 0.0846 e. The highest BCUT2D eigenvalue weighted by molar-refractivity contribution is 5.46. The highest BCUT2D eigenvalue weighted by Gasteiger charge is 2.12. The van der Waals surface area contributed by atoms with Crippen molar-refractivity contribution in [3.63, 3.8) is 0 Å². The van der Waals surface area contributed by atoms with E-state index in [1.165, 1.54) is 5.69 Å². The summed E-state index contributed by atoms with van der Waals surface area (Å²) >= 11 is 0. The molecule has 19 heavy (non-hydrogen) atoms. The topological polar surface area (TPSA) is 72.0 Å². The molecule has 0 amide bonds. The van der Waals surface area contributed by atoms with Crippen LogP contribution in [0.4, 0.5) is 5.69 Å². The van der Waals surface area contributed by atoms with Gasteiger partial charge in [0.1, 0.15) is 0 Å². The maximum atomic E-state index is 5.64. The van der Waals surface area contributed by atoms with Crippen LogP contribution in [0, 0.1) is 0 Å². The van der Waals surface area contributed by atoms with Gasteiger partial charge in [-0.15, -0.1) is 5.10 Å². The molecule has 1 atom stereocenters. The van der Waals surface area contributed by atoms with Gasteiger partial charge in [0.15, 0.2) is 0 Å². The minimum Gasteiger partial charge on any atom is -0.378 e. The molecule has 0 aliphatic carbocycles. The molecule has 0 bridgehead atoms. The Kier molecular flexibility index (Phi) is 4.13. The number of aryl methyl sites for hydroxylation is 1. The van der Waals surface area contributed by atoms with E-state index in [0.717, 1.165) is 11.3 Å². The van der Waals surface area contributed by atoms with E-state index in [0.29, 0.717) is 6.42 Å². The first-order valence-electron chi connectivity index (χ1n) is 6.18. The summed E-state index contributed by atoms with van der Waals surface area (Å²) in [4.78, 5) is 2.07. The Morgan fingerprint density at radius 3 is 2.47 bits per heavy atom. The zero-order valence-electron chi connectivity index (χ0n) is 11.5. The SMILES string of the molecule is CN(C)c1ccc(C(Cc2cn(C)nn2)NN)cc1. The fraction of sp³-hybridized carbons (Fsp3) is 0.385. The average molecular weight is 260 g/mol. The summed E-state index contributed by atoms with van der Waals surface area (Å²) in [7, 11) is 5.90. The van der Waals surface area contributed by atoms with Crippen molar-refractivity contribution in [3.05, 3.63) is 41.7 Å². The Morgan fingerprint density at radius 1 is 1.32 bits per heavy atom. The van der Waals surface area contributed by atoms with Crippen molar-refractivity contribution in [2.75, 3.05) is 19.0 Å². The molecule has 0 spiro atoms. The number of anilines is 1. The largest absolute Gasteiger partial charge is 0.378 e. The van der Waals surface area contributed by atoms with Crippen LogP contribution >= 0.6 is 0 Å². The van der Waals surface area contributed by atoms with Gasteiger partial charge in [-0.25, -0.2) is 0 Å². The second kappa shape index (κ2) is 5.81. The van der Waals surface area contributed by atoms with Crippen LogP contribution in [0.5, 0.6) is 0 Å². The molecule has 6 nitrogen and oxygen atoms in total. The highest BCUT2D eigenvalue weighted by Crippen LogP contribution is 2.20. The zero-order chi connectivity index (χ0) is 13.8. The number of aromatic nitrogens is 3. The number of rotatable bonds is 5. The van der Waals surface area contributed by atoms with Crippen LogP contribution in [0.25, 0.3) is 0 Å². The maximum Gasteiger partial charge on any atom is 0.0846 e. The predicted molar refractivity (Wildman–Crippen MR) is 75.5 cm³/mol. The summed E-state index contributed by atoms with van der Waals surface area (Å²) < 4.78 is 1.69. The third-order valence-electron chi connectivity index (χ3n) is 3.08. The van der Waals surface area contributed by atoms with E-state index in [9.17, 15) is 0 Å². The Hall–Kier alpha value is -1.92. The fourth-order valence-corrected chi connectivity index (χ4v) is 1.98. The van der Waals surface area contributed by atoms with E-state index in [1.54, 1.807) is 4.68 Å².